The molecular formula is C18H20BrFOS. The second-order valence-electron chi connectivity index (χ2n) is 5.62. The normalized spacial score (nSPS) is 11.5. The molecule has 2 aromatic rings. The Morgan fingerprint density at radius 2 is 1.82 bits per heavy atom. The number of hydrogen-bond donors (Lipinski definition) is 0. The highest BCUT2D eigenvalue weighted by Gasteiger charge is 2.21. The number of hydrogen-bond acceptors (Lipinski definition) is 2. The van der Waals surface area contributed by atoms with E-state index in [9.17, 15) is 4.39 Å². The third kappa shape index (κ3) is 4.05. The van der Waals surface area contributed by atoms with Crippen molar-refractivity contribution in [1.82, 2.24) is 0 Å². The van der Waals surface area contributed by atoms with Gasteiger partial charge in [0.2, 0.25) is 0 Å². The Kier molecular flexibility index (Phi) is 5.56. The molecule has 0 aliphatic rings. The van der Waals surface area contributed by atoms with E-state index in [1.165, 1.54) is 11.6 Å². The first-order valence-corrected chi connectivity index (χ1v) is 8.99. The molecular weight excluding hydrogens is 363 g/mol. The predicted molar refractivity (Wildman–Crippen MR) is 96.5 cm³/mol. The molecule has 2 aromatic carbocycles. The second-order valence-corrected chi connectivity index (χ2v) is 8.37. The average Bonchev–Trinajstić information content (AvgIpc) is 2.43. The highest BCUT2D eigenvalue weighted by molar-refractivity contribution is 9.10. The van der Waals surface area contributed by atoms with Gasteiger partial charge in [0.15, 0.2) is 11.6 Å². The summed E-state index contributed by atoms with van der Waals surface area (Å²) in [6.07, 6.45) is 0. The molecule has 0 aliphatic carbocycles. The van der Waals surface area contributed by atoms with E-state index < -0.39 is 0 Å². The summed E-state index contributed by atoms with van der Waals surface area (Å²) in [4.78, 5) is 0. The van der Waals surface area contributed by atoms with Crippen molar-refractivity contribution in [3.63, 3.8) is 0 Å². The van der Waals surface area contributed by atoms with Crippen LogP contribution in [-0.4, -0.2) is 5.75 Å². The summed E-state index contributed by atoms with van der Waals surface area (Å²) in [5.41, 5.74) is 2.08. The van der Waals surface area contributed by atoms with E-state index in [2.05, 4.69) is 36.7 Å². The van der Waals surface area contributed by atoms with Gasteiger partial charge in [-0.15, -0.1) is 0 Å². The molecule has 0 aliphatic heterocycles. The minimum absolute atomic E-state index is 0.0326. The van der Waals surface area contributed by atoms with Gasteiger partial charge in [-0.1, -0.05) is 19.1 Å². The van der Waals surface area contributed by atoms with Crippen LogP contribution in [0.1, 0.15) is 31.9 Å². The Morgan fingerprint density at radius 3 is 2.41 bits per heavy atom. The molecule has 0 spiro atoms. The van der Waals surface area contributed by atoms with Gasteiger partial charge in [-0.2, -0.15) is 11.8 Å². The first-order chi connectivity index (χ1) is 10.3. The van der Waals surface area contributed by atoms with Gasteiger partial charge in [0.25, 0.3) is 0 Å². The number of benzene rings is 2. The lowest BCUT2D eigenvalue weighted by molar-refractivity contribution is 0.439. The summed E-state index contributed by atoms with van der Waals surface area (Å²) >= 11 is 5.42. The first kappa shape index (κ1) is 17.4. The molecule has 0 N–H and O–H groups in total. The molecule has 0 atom stereocenters. The Labute approximate surface area is 144 Å². The molecule has 4 heteroatoms. The van der Waals surface area contributed by atoms with Crippen LogP contribution >= 0.6 is 27.7 Å². The topological polar surface area (TPSA) is 9.23 Å². The lowest BCUT2D eigenvalue weighted by atomic mass is 10.0. The van der Waals surface area contributed by atoms with Gasteiger partial charge in [-0.25, -0.2) is 4.39 Å². The van der Waals surface area contributed by atoms with Crippen molar-refractivity contribution in [3.8, 4) is 11.5 Å². The van der Waals surface area contributed by atoms with E-state index in [1.807, 2.05) is 43.0 Å². The third-order valence-corrected chi connectivity index (χ3v) is 5.31. The van der Waals surface area contributed by atoms with Gasteiger partial charge in [0.05, 0.1) is 4.47 Å². The predicted octanol–water partition coefficient (Wildman–Crippen LogP) is 6.68. The molecule has 2 rings (SSSR count). The maximum atomic E-state index is 13.9. The van der Waals surface area contributed by atoms with Crippen LogP contribution in [0.3, 0.4) is 0 Å². The zero-order valence-electron chi connectivity index (χ0n) is 13.2. The molecule has 0 heterocycles. The van der Waals surface area contributed by atoms with Crippen molar-refractivity contribution < 1.29 is 9.13 Å². The Bertz CT molecular complexity index is 670. The van der Waals surface area contributed by atoms with Crippen LogP contribution < -0.4 is 4.74 Å². The molecule has 118 valence electrons. The summed E-state index contributed by atoms with van der Waals surface area (Å²) in [5, 5.41) is 0. The van der Waals surface area contributed by atoms with Crippen LogP contribution in [-0.2, 0) is 4.75 Å². The van der Waals surface area contributed by atoms with E-state index in [1.54, 1.807) is 6.07 Å². The smallest absolute Gasteiger partial charge is 0.165 e. The molecule has 0 fully saturated rings. The fraction of sp³-hybridized carbons (Fsp3) is 0.333. The maximum absolute atomic E-state index is 13.9. The zero-order valence-corrected chi connectivity index (χ0v) is 15.6. The molecule has 0 saturated carbocycles. The minimum Gasteiger partial charge on any atom is -0.453 e. The second kappa shape index (κ2) is 7.05. The molecule has 0 bridgehead atoms. The van der Waals surface area contributed by atoms with Crippen molar-refractivity contribution in [3.05, 3.63) is 57.8 Å². The van der Waals surface area contributed by atoms with Gasteiger partial charge in [-0.3, -0.25) is 0 Å². The molecule has 0 amide bonds. The summed E-state index contributed by atoms with van der Waals surface area (Å²) in [6.45, 7) is 8.40. The van der Waals surface area contributed by atoms with Gasteiger partial charge in [-0.05, 0) is 77.8 Å². The van der Waals surface area contributed by atoms with Gasteiger partial charge < -0.3 is 4.74 Å². The molecule has 0 radical (unpaired) electrons. The highest BCUT2D eigenvalue weighted by atomic mass is 79.9. The largest absolute Gasteiger partial charge is 0.453 e. The van der Waals surface area contributed by atoms with E-state index in [4.69, 9.17) is 4.74 Å². The van der Waals surface area contributed by atoms with Crippen LogP contribution in [0.2, 0.25) is 0 Å². The molecule has 1 nitrogen and oxygen atoms in total. The number of halogens is 2. The van der Waals surface area contributed by atoms with Crippen molar-refractivity contribution in [2.75, 3.05) is 5.75 Å². The fourth-order valence-electron chi connectivity index (χ4n) is 2.21. The maximum Gasteiger partial charge on any atom is 0.165 e. The SMILES string of the molecule is CCSC(C)(C)c1ccc(Oc2ccc(C)cc2F)c(Br)c1. The number of thioether (sulfide) groups is 1. The fourth-order valence-corrected chi connectivity index (χ4v) is 3.68. The van der Waals surface area contributed by atoms with Crippen molar-refractivity contribution in [2.45, 2.75) is 32.4 Å². The van der Waals surface area contributed by atoms with E-state index in [0.29, 0.717) is 5.75 Å². The number of aryl methyl sites for hydroxylation is 1. The zero-order chi connectivity index (χ0) is 16.3. The molecule has 0 saturated heterocycles. The van der Waals surface area contributed by atoms with Crippen LogP contribution in [0, 0.1) is 12.7 Å². The van der Waals surface area contributed by atoms with E-state index >= 15 is 0 Å². The van der Waals surface area contributed by atoms with Crippen LogP contribution in [0.25, 0.3) is 0 Å². The lowest BCUT2D eigenvalue weighted by Crippen LogP contribution is -2.12. The molecule has 22 heavy (non-hydrogen) atoms. The highest BCUT2D eigenvalue weighted by Crippen LogP contribution is 2.39. The summed E-state index contributed by atoms with van der Waals surface area (Å²) in [7, 11) is 0. The van der Waals surface area contributed by atoms with E-state index in [0.717, 1.165) is 15.8 Å². The summed E-state index contributed by atoms with van der Waals surface area (Å²) in [5.74, 6) is 1.56. The van der Waals surface area contributed by atoms with Gasteiger partial charge >= 0.3 is 0 Å². The van der Waals surface area contributed by atoms with Crippen LogP contribution in [0.15, 0.2) is 40.9 Å². The minimum atomic E-state index is -0.349. The molecule has 0 aromatic heterocycles. The summed E-state index contributed by atoms with van der Waals surface area (Å²) in [6, 6.07) is 10.9. The van der Waals surface area contributed by atoms with Crippen molar-refractivity contribution >= 4 is 27.7 Å². The Balaban J connectivity index is 2.27. The monoisotopic (exact) mass is 382 g/mol. The van der Waals surface area contributed by atoms with Crippen molar-refractivity contribution in [1.29, 1.82) is 0 Å². The lowest BCUT2D eigenvalue weighted by Gasteiger charge is -2.24. The van der Waals surface area contributed by atoms with Crippen LogP contribution in [0.4, 0.5) is 4.39 Å². The Hall–Kier alpha value is -1.00. The standard InChI is InChI=1S/C18H20BrFOS/c1-5-22-18(3,4)13-7-9-16(14(19)11-13)21-17-8-6-12(2)10-15(17)20/h6-11H,5H2,1-4H3. The Morgan fingerprint density at radius 1 is 1.14 bits per heavy atom. The van der Waals surface area contributed by atoms with Gasteiger partial charge in [0.1, 0.15) is 5.75 Å². The number of rotatable bonds is 5. The molecule has 0 unspecified atom stereocenters. The average molecular weight is 383 g/mol. The van der Waals surface area contributed by atoms with Gasteiger partial charge in [0, 0.05) is 4.75 Å². The summed E-state index contributed by atoms with van der Waals surface area (Å²) < 4.78 is 20.4. The van der Waals surface area contributed by atoms with Crippen LogP contribution in [0.5, 0.6) is 11.5 Å². The number of ether oxygens (including phenoxy) is 1. The first-order valence-electron chi connectivity index (χ1n) is 7.21. The third-order valence-electron chi connectivity index (χ3n) is 3.44. The van der Waals surface area contributed by atoms with E-state index in [-0.39, 0.29) is 16.3 Å². The van der Waals surface area contributed by atoms with Crippen molar-refractivity contribution in [2.24, 2.45) is 0 Å². The quantitative estimate of drug-likeness (QED) is 0.570.